The normalized spacial score (nSPS) is 10.8. The smallest absolute Gasteiger partial charge is 0.114 e. The first-order valence-electron chi connectivity index (χ1n) is 5.05. The van der Waals surface area contributed by atoms with E-state index < -0.39 is 0 Å². The Hall–Kier alpha value is -2.30. The van der Waals surface area contributed by atoms with Crippen molar-refractivity contribution in [3.8, 4) is 0 Å². The number of fused-ring (bicyclic) bond motifs is 1. The van der Waals surface area contributed by atoms with Crippen molar-refractivity contribution < 1.29 is 0 Å². The zero-order chi connectivity index (χ0) is 11.0. The average Bonchev–Trinajstić information content (AvgIpc) is 2.88. The van der Waals surface area contributed by atoms with Gasteiger partial charge in [-0.1, -0.05) is 5.21 Å². The molecule has 0 unspecified atom stereocenters. The minimum absolute atomic E-state index is 0.859. The predicted octanol–water partition coefficient (Wildman–Crippen LogP) is 2.34. The molecule has 0 amide bonds. The van der Waals surface area contributed by atoms with Crippen molar-refractivity contribution >= 4 is 22.4 Å². The molecule has 0 spiro atoms. The molecule has 5 nitrogen and oxygen atoms in total. The van der Waals surface area contributed by atoms with Gasteiger partial charge in [-0.25, -0.2) is 0 Å². The predicted molar refractivity (Wildman–Crippen MR) is 62.7 cm³/mol. The summed E-state index contributed by atoms with van der Waals surface area (Å²) in [6.07, 6.45) is 1.91. The van der Waals surface area contributed by atoms with E-state index in [1.807, 2.05) is 37.4 Å². The molecule has 2 aromatic heterocycles. The summed E-state index contributed by atoms with van der Waals surface area (Å²) in [6.45, 7) is 2.02. The Labute approximate surface area is 91.9 Å². The van der Waals surface area contributed by atoms with Crippen LogP contribution in [0.4, 0.5) is 11.4 Å². The number of nitrogens with zero attached hydrogens (tertiary/aromatic N) is 2. The fourth-order valence-electron chi connectivity index (χ4n) is 1.66. The van der Waals surface area contributed by atoms with Crippen molar-refractivity contribution in [3.05, 3.63) is 36.2 Å². The first-order chi connectivity index (χ1) is 7.83. The highest BCUT2D eigenvalue weighted by Gasteiger charge is 2.02. The van der Waals surface area contributed by atoms with Crippen LogP contribution in [0.3, 0.4) is 0 Å². The molecule has 3 aromatic rings. The van der Waals surface area contributed by atoms with Crippen LogP contribution in [0.1, 0.15) is 5.69 Å². The molecule has 0 aliphatic carbocycles. The van der Waals surface area contributed by atoms with Crippen LogP contribution in [0.2, 0.25) is 0 Å². The van der Waals surface area contributed by atoms with E-state index in [0.29, 0.717) is 0 Å². The van der Waals surface area contributed by atoms with Crippen LogP contribution in [-0.2, 0) is 0 Å². The van der Waals surface area contributed by atoms with Gasteiger partial charge in [0.15, 0.2) is 0 Å². The van der Waals surface area contributed by atoms with Gasteiger partial charge in [0.05, 0.1) is 11.2 Å². The first-order valence-corrected chi connectivity index (χ1v) is 5.05. The van der Waals surface area contributed by atoms with Crippen LogP contribution in [0, 0.1) is 6.92 Å². The maximum absolute atomic E-state index is 3.98. The standard InChI is InChI=1S/C11H11N5/c1-7-9(4-5-12-7)13-8-2-3-10-11(6-8)15-16-14-10/h2-6,12-13H,1H3,(H,14,15,16). The lowest BCUT2D eigenvalue weighted by Crippen LogP contribution is -1.90. The van der Waals surface area contributed by atoms with Gasteiger partial charge in [0, 0.05) is 17.6 Å². The molecule has 16 heavy (non-hydrogen) atoms. The average molecular weight is 213 g/mol. The summed E-state index contributed by atoms with van der Waals surface area (Å²) in [7, 11) is 0. The number of benzene rings is 1. The number of aromatic nitrogens is 4. The molecular weight excluding hydrogens is 202 g/mol. The van der Waals surface area contributed by atoms with E-state index in [1.54, 1.807) is 0 Å². The molecule has 0 fully saturated rings. The van der Waals surface area contributed by atoms with Crippen molar-refractivity contribution in [3.63, 3.8) is 0 Å². The van der Waals surface area contributed by atoms with Gasteiger partial charge in [-0.3, -0.25) is 5.10 Å². The van der Waals surface area contributed by atoms with Gasteiger partial charge in [-0.15, -0.1) is 5.10 Å². The number of rotatable bonds is 2. The lowest BCUT2D eigenvalue weighted by Gasteiger charge is -2.04. The molecule has 80 valence electrons. The summed E-state index contributed by atoms with van der Waals surface area (Å²) in [6, 6.07) is 7.92. The van der Waals surface area contributed by atoms with Crippen LogP contribution in [0.15, 0.2) is 30.5 Å². The Morgan fingerprint density at radius 2 is 2.19 bits per heavy atom. The molecule has 3 N–H and O–H groups in total. The van der Waals surface area contributed by atoms with Gasteiger partial charge in [-0.05, 0) is 31.2 Å². The molecule has 3 rings (SSSR count). The van der Waals surface area contributed by atoms with Gasteiger partial charge in [0.2, 0.25) is 0 Å². The van der Waals surface area contributed by atoms with E-state index in [9.17, 15) is 0 Å². The van der Waals surface area contributed by atoms with Crippen molar-refractivity contribution in [2.45, 2.75) is 6.92 Å². The fourth-order valence-corrected chi connectivity index (χ4v) is 1.66. The number of hydrogen-bond acceptors (Lipinski definition) is 3. The quantitative estimate of drug-likeness (QED) is 0.612. The number of hydrogen-bond donors (Lipinski definition) is 3. The summed E-state index contributed by atoms with van der Waals surface area (Å²) in [5, 5.41) is 13.9. The van der Waals surface area contributed by atoms with E-state index in [1.165, 1.54) is 0 Å². The lowest BCUT2D eigenvalue weighted by molar-refractivity contribution is 0.959. The van der Waals surface area contributed by atoms with Crippen LogP contribution in [-0.4, -0.2) is 20.4 Å². The molecule has 0 saturated carbocycles. The van der Waals surface area contributed by atoms with Crippen molar-refractivity contribution in [2.75, 3.05) is 5.32 Å². The molecule has 0 aliphatic rings. The third-order valence-corrected chi connectivity index (χ3v) is 2.56. The number of anilines is 2. The second kappa shape index (κ2) is 3.37. The lowest BCUT2D eigenvalue weighted by atomic mass is 10.2. The van der Waals surface area contributed by atoms with Crippen LogP contribution < -0.4 is 5.32 Å². The summed E-state index contributed by atoms with van der Waals surface area (Å²) < 4.78 is 0. The zero-order valence-corrected chi connectivity index (χ0v) is 8.78. The Kier molecular flexibility index (Phi) is 1.89. The minimum atomic E-state index is 0.859. The fraction of sp³-hybridized carbons (Fsp3) is 0.0909. The topological polar surface area (TPSA) is 69.4 Å². The third kappa shape index (κ3) is 1.42. The van der Waals surface area contributed by atoms with E-state index >= 15 is 0 Å². The second-order valence-corrected chi connectivity index (χ2v) is 3.69. The van der Waals surface area contributed by atoms with Gasteiger partial charge in [0.1, 0.15) is 5.52 Å². The highest BCUT2D eigenvalue weighted by molar-refractivity contribution is 5.79. The van der Waals surface area contributed by atoms with Crippen molar-refractivity contribution in [1.29, 1.82) is 0 Å². The van der Waals surface area contributed by atoms with Gasteiger partial charge in [0.25, 0.3) is 0 Å². The highest BCUT2D eigenvalue weighted by Crippen LogP contribution is 2.21. The Morgan fingerprint density at radius 3 is 3.00 bits per heavy atom. The maximum atomic E-state index is 3.98. The minimum Gasteiger partial charge on any atom is -0.363 e. The molecule has 5 heteroatoms. The van der Waals surface area contributed by atoms with Crippen molar-refractivity contribution in [1.82, 2.24) is 20.4 Å². The van der Waals surface area contributed by atoms with E-state index in [-0.39, 0.29) is 0 Å². The number of nitrogens with one attached hydrogen (secondary N) is 3. The summed E-state index contributed by atoms with van der Waals surface area (Å²) in [4.78, 5) is 3.12. The molecule has 0 saturated heterocycles. The zero-order valence-electron chi connectivity index (χ0n) is 8.78. The Balaban J connectivity index is 1.97. The summed E-state index contributed by atoms with van der Waals surface area (Å²) >= 11 is 0. The molecule has 0 bridgehead atoms. The number of aryl methyl sites for hydroxylation is 1. The molecule has 0 atom stereocenters. The second-order valence-electron chi connectivity index (χ2n) is 3.69. The van der Waals surface area contributed by atoms with E-state index in [4.69, 9.17) is 0 Å². The highest BCUT2D eigenvalue weighted by atomic mass is 15.3. The van der Waals surface area contributed by atoms with Crippen molar-refractivity contribution in [2.24, 2.45) is 0 Å². The monoisotopic (exact) mass is 213 g/mol. The van der Waals surface area contributed by atoms with Gasteiger partial charge in [-0.2, -0.15) is 0 Å². The Bertz CT molecular complexity index is 622. The van der Waals surface area contributed by atoms with Crippen LogP contribution >= 0.6 is 0 Å². The molecule has 2 heterocycles. The number of aromatic amines is 2. The first kappa shape index (κ1) is 8.96. The molecule has 0 aliphatic heterocycles. The molecular formula is C11H11N5. The van der Waals surface area contributed by atoms with E-state index in [0.717, 1.165) is 28.1 Å². The molecule has 1 aromatic carbocycles. The van der Waals surface area contributed by atoms with Crippen LogP contribution in [0.25, 0.3) is 11.0 Å². The van der Waals surface area contributed by atoms with E-state index in [2.05, 4.69) is 25.7 Å². The van der Waals surface area contributed by atoms with Gasteiger partial charge >= 0.3 is 0 Å². The summed E-state index contributed by atoms with van der Waals surface area (Å²) in [5.74, 6) is 0. The number of H-pyrrole nitrogens is 2. The van der Waals surface area contributed by atoms with Crippen LogP contribution in [0.5, 0.6) is 0 Å². The maximum Gasteiger partial charge on any atom is 0.114 e. The Morgan fingerprint density at radius 1 is 1.25 bits per heavy atom. The molecule has 0 radical (unpaired) electrons. The largest absolute Gasteiger partial charge is 0.363 e. The summed E-state index contributed by atoms with van der Waals surface area (Å²) in [5.41, 5.74) is 4.99. The SMILES string of the molecule is Cc1[nH]ccc1Nc1ccc2[nH]nnc2c1. The third-order valence-electron chi connectivity index (χ3n) is 2.56. The van der Waals surface area contributed by atoms with Gasteiger partial charge < -0.3 is 10.3 Å².